The molecule has 62 valence electrons. The molecule has 0 N–H and O–H groups in total. The zero-order valence-corrected chi connectivity index (χ0v) is 6.61. The summed E-state index contributed by atoms with van der Waals surface area (Å²) in [5.74, 6) is 0.0794. The Balaban J connectivity index is 3.42. The van der Waals surface area contributed by atoms with Crippen molar-refractivity contribution in [3.05, 3.63) is 21.6 Å². The van der Waals surface area contributed by atoms with Crippen molar-refractivity contribution in [3.8, 4) is 6.07 Å². The van der Waals surface area contributed by atoms with Gasteiger partial charge in [-0.15, -0.1) is 0 Å². The highest BCUT2D eigenvalue weighted by molar-refractivity contribution is 5.39. The molecule has 0 aliphatic heterocycles. The van der Waals surface area contributed by atoms with Gasteiger partial charge < -0.3 is 10.1 Å². The molecule has 0 saturated carbocycles. The Labute approximate surface area is 68.2 Å². The molecule has 0 aromatic carbocycles. The topological polar surface area (TPSA) is 84.8 Å². The standard InChI is InChI=1S/C6H6N4O2/c1-4-8-6(10(11)12)5(3-7)9(4)2/h1-2H3. The molecule has 1 aromatic heterocycles. The highest BCUT2D eigenvalue weighted by Crippen LogP contribution is 2.15. The van der Waals surface area contributed by atoms with Crippen molar-refractivity contribution in [2.24, 2.45) is 7.05 Å². The minimum absolute atomic E-state index is 0.0162. The van der Waals surface area contributed by atoms with Crippen LogP contribution in [0.4, 0.5) is 5.82 Å². The molecular weight excluding hydrogens is 160 g/mol. The second-order valence-corrected chi connectivity index (χ2v) is 2.26. The van der Waals surface area contributed by atoms with Crippen LogP contribution in [0.3, 0.4) is 0 Å². The molecule has 12 heavy (non-hydrogen) atoms. The molecule has 0 radical (unpaired) electrons. The van der Waals surface area contributed by atoms with Crippen molar-refractivity contribution in [1.82, 2.24) is 9.55 Å². The van der Waals surface area contributed by atoms with Crippen molar-refractivity contribution in [1.29, 1.82) is 5.26 Å². The molecule has 1 aromatic rings. The summed E-state index contributed by atoms with van der Waals surface area (Å²) in [7, 11) is 1.56. The Hall–Kier alpha value is -1.90. The van der Waals surface area contributed by atoms with E-state index in [1.165, 1.54) is 4.57 Å². The fourth-order valence-electron chi connectivity index (χ4n) is 0.845. The lowest BCUT2D eigenvalue weighted by Crippen LogP contribution is -1.96. The van der Waals surface area contributed by atoms with E-state index in [1.807, 2.05) is 0 Å². The van der Waals surface area contributed by atoms with Gasteiger partial charge in [0.1, 0.15) is 6.07 Å². The van der Waals surface area contributed by atoms with E-state index in [2.05, 4.69) is 4.98 Å². The summed E-state index contributed by atoms with van der Waals surface area (Å²) in [6.45, 7) is 1.60. The lowest BCUT2D eigenvalue weighted by molar-refractivity contribution is -0.389. The third kappa shape index (κ3) is 1.01. The number of nitrogens with zero attached hydrogens (tertiary/aromatic N) is 4. The number of hydrogen-bond acceptors (Lipinski definition) is 4. The second-order valence-electron chi connectivity index (χ2n) is 2.26. The first-order valence-electron chi connectivity index (χ1n) is 3.15. The summed E-state index contributed by atoms with van der Waals surface area (Å²) in [5, 5.41) is 18.9. The van der Waals surface area contributed by atoms with E-state index in [0.717, 1.165) is 0 Å². The summed E-state index contributed by atoms with van der Waals surface area (Å²) < 4.78 is 1.39. The number of nitro groups is 1. The predicted octanol–water partition coefficient (Wildman–Crippen LogP) is 0.508. The van der Waals surface area contributed by atoms with E-state index in [4.69, 9.17) is 5.26 Å². The quantitative estimate of drug-likeness (QED) is 0.449. The van der Waals surface area contributed by atoms with E-state index in [9.17, 15) is 10.1 Å². The normalized spacial score (nSPS) is 9.42. The molecule has 0 amide bonds. The molecule has 0 aliphatic rings. The molecule has 1 heterocycles. The monoisotopic (exact) mass is 166 g/mol. The summed E-state index contributed by atoms with van der Waals surface area (Å²) in [5.41, 5.74) is -0.0162. The Bertz CT molecular complexity index is 374. The lowest BCUT2D eigenvalue weighted by Gasteiger charge is -1.90. The highest BCUT2D eigenvalue weighted by Gasteiger charge is 2.22. The van der Waals surface area contributed by atoms with Gasteiger partial charge in [-0.05, 0) is 9.91 Å². The third-order valence-electron chi connectivity index (χ3n) is 1.58. The fraction of sp³-hybridized carbons (Fsp3) is 0.333. The van der Waals surface area contributed by atoms with Crippen LogP contribution in [0.15, 0.2) is 0 Å². The van der Waals surface area contributed by atoms with E-state index >= 15 is 0 Å². The molecule has 6 heteroatoms. The number of aromatic nitrogens is 2. The highest BCUT2D eigenvalue weighted by atomic mass is 16.6. The van der Waals surface area contributed by atoms with Crippen LogP contribution in [-0.4, -0.2) is 14.5 Å². The van der Waals surface area contributed by atoms with Gasteiger partial charge in [-0.1, -0.05) is 0 Å². The van der Waals surface area contributed by atoms with Crippen LogP contribution < -0.4 is 0 Å². The number of hydrogen-bond donors (Lipinski definition) is 0. The molecule has 0 bridgehead atoms. The van der Waals surface area contributed by atoms with Crippen LogP contribution in [-0.2, 0) is 7.05 Å². The largest absolute Gasteiger partial charge is 0.400 e. The number of aryl methyl sites for hydroxylation is 1. The molecule has 0 fully saturated rings. The van der Waals surface area contributed by atoms with Gasteiger partial charge in [0.25, 0.3) is 0 Å². The van der Waals surface area contributed by atoms with E-state index < -0.39 is 4.92 Å². The third-order valence-corrected chi connectivity index (χ3v) is 1.58. The van der Waals surface area contributed by atoms with Crippen LogP contribution in [0.2, 0.25) is 0 Å². The molecule has 0 saturated heterocycles. The summed E-state index contributed by atoms with van der Waals surface area (Å²) >= 11 is 0. The summed E-state index contributed by atoms with van der Waals surface area (Å²) in [4.78, 5) is 13.3. The van der Waals surface area contributed by atoms with Gasteiger partial charge in [0, 0.05) is 14.0 Å². The minimum atomic E-state index is -0.661. The number of nitriles is 1. The van der Waals surface area contributed by atoms with Gasteiger partial charge in [0.15, 0.2) is 0 Å². The maximum atomic E-state index is 10.3. The maximum absolute atomic E-state index is 10.3. The molecule has 6 nitrogen and oxygen atoms in total. The first kappa shape index (κ1) is 8.20. The molecule has 0 atom stereocenters. The minimum Gasteiger partial charge on any atom is -0.358 e. The maximum Gasteiger partial charge on any atom is 0.400 e. The Morgan fingerprint density at radius 1 is 1.75 bits per heavy atom. The van der Waals surface area contributed by atoms with Gasteiger partial charge in [-0.25, -0.2) is 0 Å². The number of rotatable bonds is 1. The van der Waals surface area contributed by atoms with Crippen LogP contribution in [0.5, 0.6) is 0 Å². The fourth-order valence-corrected chi connectivity index (χ4v) is 0.845. The van der Waals surface area contributed by atoms with Gasteiger partial charge in [0.05, 0.1) is 0 Å². The smallest absolute Gasteiger partial charge is 0.358 e. The molecule has 0 spiro atoms. The van der Waals surface area contributed by atoms with Crippen LogP contribution in [0.1, 0.15) is 11.5 Å². The van der Waals surface area contributed by atoms with Crippen molar-refractivity contribution in [3.63, 3.8) is 0 Å². The van der Waals surface area contributed by atoms with Crippen molar-refractivity contribution >= 4 is 5.82 Å². The average molecular weight is 166 g/mol. The second kappa shape index (κ2) is 2.62. The SMILES string of the molecule is Cc1nc([N+](=O)[O-])c(C#N)n1C. The van der Waals surface area contributed by atoms with E-state index in [1.54, 1.807) is 20.0 Å². The Morgan fingerprint density at radius 3 is 2.67 bits per heavy atom. The zero-order valence-electron chi connectivity index (χ0n) is 6.61. The molecule has 1 rings (SSSR count). The number of imidazole rings is 1. The van der Waals surface area contributed by atoms with Crippen molar-refractivity contribution in [2.45, 2.75) is 6.92 Å². The van der Waals surface area contributed by atoms with Gasteiger partial charge in [-0.2, -0.15) is 5.26 Å². The Kier molecular flexibility index (Phi) is 1.79. The molecular formula is C6H6N4O2. The van der Waals surface area contributed by atoms with Crippen molar-refractivity contribution < 1.29 is 4.92 Å². The lowest BCUT2D eigenvalue weighted by atomic mass is 10.5. The first-order chi connectivity index (χ1) is 5.57. The van der Waals surface area contributed by atoms with Crippen molar-refractivity contribution in [2.75, 3.05) is 0 Å². The molecule has 0 unspecified atom stereocenters. The zero-order chi connectivity index (χ0) is 9.30. The summed E-state index contributed by atoms with van der Waals surface area (Å²) in [6, 6.07) is 1.72. The average Bonchev–Trinajstić information content (AvgIpc) is 2.29. The van der Waals surface area contributed by atoms with E-state index in [-0.39, 0.29) is 11.5 Å². The van der Waals surface area contributed by atoms with Gasteiger partial charge >= 0.3 is 5.82 Å². The molecule has 0 aliphatic carbocycles. The van der Waals surface area contributed by atoms with Gasteiger partial charge in [-0.3, -0.25) is 4.57 Å². The van der Waals surface area contributed by atoms with Crippen LogP contribution in [0, 0.1) is 28.4 Å². The van der Waals surface area contributed by atoms with E-state index in [0.29, 0.717) is 5.82 Å². The van der Waals surface area contributed by atoms with Crippen LogP contribution >= 0.6 is 0 Å². The van der Waals surface area contributed by atoms with Crippen LogP contribution in [0.25, 0.3) is 0 Å². The van der Waals surface area contributed by atoms with Gasteiger partial charge in [0.2, 0.25) is 11.5 Å². The Morgan fingerprint density at radius 2 is 2.33 bits per heavy atom. The first-order valence-corrected chi connectivity index (χ1v) is 3.15. The predicted molar refractivity (Wildman–Crippen MR) is 39.3 cm³/mol. The summed E-state index contributed by atoms with van der Waals surface area (Å²) in [6.07, 6.45) is 0.